The summed E-state index contributed by atoms with van der Waals surface area (Å²) in [5.41, 5.74) is 0.774. The number of amides is 1. The predicted octanol–water partition coefficient (Wildman–Crippen LogP) is 3.77. The normalized spacial score (nSPS) is 17.8. The number of nitrogens with zero attached hydrogens (tertiary/aromatic N) is 2. The van der Waals surface area contributed by atoms with Gasteiger partial charge in [-0.15, -0.1) is 0 Å². The maximum Gasteiger partial charge on any atom is 0.471 e. The van der Waals surface area contributed by atoms with E-state index in [0.717, 1.165) is 32.9 Å². The summed E-state index contributed by atoms with van der Waals surface area (Å²) in [6.45, 7) is 4.60. The summed E-state index contributed by atoms with van der Waals surface area (Å²) in [6.07, 6.45) is -1.95. The van der Waals surface area contributed by atoms with Gasteiger partial charge in [-0.05, 0) is 51.3 Å². The minimum Gasteiger partial charge on any atom is -0.462 e. The van der Waals surface area contributed by atoms with E-state index in [1.54, 1.807) is 13.0 Å². The molecule has 144 valence electrons. The van der Waals surface area contributed by atoms with Gasteiger partial charge in [0.05, 0.1) is 17.9 Å². The summed E-state index contributed by atoms with van der Waals surface area (Å²) >= 11 is 0. The van der Waals surface area contributed by atoms with Crippen LogP contribution in [0.3, 0.4) is 0 Å². The van der Waals surface area contributed by atoms with Gasteiger partial charge in [0.25, 0.3) is 0 Å². The summed E-state index contributed by atoms with van der Waals surface area (Å²) < 4.78 is 43.2. The maximum atomic E-state index is 12.7. The highest BCUT2D eigenvalue weighted by Gasteiger charge is 2.42. The highest BCUT2D eigenvalue weighted by Crippen LogP contribution is 2.32. The summed E-state index contributed by atoms with van der Waals surface area (Å²) in [5, 5.41) is 0. The fourth-order valence-corrected chi connectivity index (χ4v) is 3.12. The number of hydrogen-bond acceptors (Lipinski definition) is 4. The number of halogens is 3. The first kappa shape index (κ1) is 20.1. The second-order valence-corrected chi connectivity index (χ2v) is 6.32. The molecule has 1 aromatic rings. The molecule has 2 rings (SSSR count). The van der Waals surface area contributed by atoms with Crippen molar-refractivity contribution in [3.63, 3.8) is 0 Å². The van der Waals surface area contributed by atoms with Gasteiger partial charge in [0, 0.05) is 25.3 Å². The Morgan fingerprint density at radius 1 is 1.31 bits per heavy atom. The van der Waals surface area contributed by atoms with E-state index in [-0.39, 0.29) is 23.9 Å². The quantitative estimate of drug-likeness (QED) is 0.755. The van der Waals surface area contributed by atoms with Gasteiger partial charge in [-0.2, -0.15) is 13.2 Å². The van der Waals surface area contributed by atoms with Crippen LogP contribution in [0.5, 0.6) is 0 Å². The molecule has 0 saturated carbocycles. The minimum atomic E-state index is -4.99. The molecule has 0 unspecified atom stereocenters. The first-order chi connectivity index (χ1) is 12.2. The number of ether oxygens (including phenoxy) is 1. The fourth-order valence-electron chi connectivity index (χ4n) is 3.12. The Hall–Kier alpha value is -2.25. The number of alkyl halides is 3. The topological polar surface area (TPSA) is 49.9 Å². The van der Waals surface area contributed by atoms with E-state index in [1.165, 1.54) is 12.1 Å². The van der Waals surface area contributed by atoms with Gasteiger partial charge in [-0.1, -0.05) is 0 Å². The second kappa shape index (κ2) is 7.97. The van der Waals surface area contributed by atoms with E-state index < -0.39 is 18.1 Å². The molecular weight excluding hydrogens is 349 g/mol. The highest BCUT2D eigenvalue weighted by atomic mass is 19.4. The van der Waals surface area contributed by atoms with Crippen molar-refractivity contribution in [2.45, 2.75) is 45.3 Å². The van der Waals surface area contributed by atoms with Crippen LogP contribution in [0.2, 0.25) is 0 Å². The molecule has 1 heterocycles. The molecule has 5 nitrogen and oxygen atoms in total. The predicted molar refractivity (Wildman–Crippen MR) is 92.5 cm³/mol. The van der Waals surface area contributed by atoms with Crippen LogP contribution in [0.1, 0.15) is 43.5 Å². The molecule has 0 spiro atoms. The molecule has 0 bridgehead atoms. The van der Waals surface area contributed by atoms with E-state index in [2.05, 4.69) is 4.90 Å². The molecule has 1 amide bonds. The monoisotopic (exact) mass is 372 g/mol. The summed E-state index contributed by atoms with van der Waals surface area (Å²) in [7, 11) is 1.03. The van der Waals surface area contributed by atoms with E-state index in [0.29, 0.717) is 10.6 Å². The third kappa shape index (κ3) is 4.28. The lowest BCUT2D eigenvalue weighted by molar-refractivity contribution is -0.170. The first-order valence-corrected chi connectivity index (χ1v) is 8.59. The van der Waals surface area contributed by atoms with Crippen molar-refractivity contribution in [3.8, 4) is 0 Å². The molecule has 0 N–H and O–H groups in total. The van der Waals surface area contributed by atoms with Gasteiger partial charge in [0.15, 0.2) is 0 Å². The number of carbonyl (C=O) groups is 2. The van der Waals surface area contributed by atoms with Crippen molar-refractivity contribution in [1.82, 2.24) is 0 Å². The number of piperidine rings is 1. The molecule has 26 heavy (non-hydrogen) atoms. The maximum absolute atomic E-state index is 12.7. The first-order valence-electron chi connectivity index (χ1n) is 8.59. The van der Waals surface area contributed by atoms with E-state index in [1.807, 2.05) is 6.92 Å². The van der Waals surface area contributed by atoms with Crippen LogP contribution < -0.4 is 9.80 Å². The van der Waals surface area contributed by atoms with Gasteiger partial charge in [-0.25, -0.2) is 4.79 Å². The van der Waals surface area contributed by atoms with Crippen LogP contribution >= 0.6 is 0 Å². The number of hydrogen-bond donors (Lipinski definition) is 0. The van der Waals surface area contributed by atoms with Crippen LogP contribution in [0, 0.1) is 0 Å². The average Bonchev–Trinajstić information content (AvgIpc) is 2.60. The number of benzene rings is 1. The van der Waals surface area contributed by atoms with Crippen molar-refractivity contribution >= 4 is 23.3 Å². The van der Waals surface area contributed by atoms with Gasteiger partial charge in [-0.3, -0.25) is 4.79 Å². The molecule has 1 fully saturated rings. The zero-order valence-corrected chi connectivity index (χ0v) is 15.1. The Kier molecular flexibility index (Phi) is 6.15. The van der Waals surface area contributed by atoms with Crippen LogP contribution in [0.25, 0.3) is 0 Å². The van der Waals surface area contributed by atoms with Crippen molar-refractivity contribution in [3.05, 3.63) is 23.8 Å². The molecule has 1 aliphatic rings. The lowest BCUT2D eigenvalue weighted by Gasteiger charge is -2.36. The summed E-state index contributed by atoms with van der Waals surface area (Å²) in [5.74, 6) is -2.61. The smallest absolute Gasteiger partial charge is 0.462 e. The lowest BCUT2D eigenvalue weighted by atomic mass is 10.0. The zero-order valence-electron chi connectivity index (χ0n) is 15.1. The molecular formula is C18H23F3N2O3. The molecule has 0 radical (unpaired) electrons. The zero-order chi connectivity index (χ0) is 19.5. The largest absolute Gasteiger partial charge is 0.471 e. The third-order valence-electron chi connectivity index (χ3n) is 4.52. The Bertz CT molecular complexity index is 676. The summed E-state index contributed by atoms with van der Waals surface area (Å²) in [6, 6.07) is 4.50. The van der Waals surface area contributed by atoms with Gasteiger partial charge in [0.1, 0.15) is 0 Å². The average molecular weight is 372 g/mol. The van der Waals surface area contributed by atoms with E-state index in [9.17, 15) is 22.8 Å². The van der Waals surface area contributed by atoms with E-state index >= 15 is 0 Å². The second-order valence-electron chi connectivity index (χ2n) is 6.32. The Morgan fingerprint density at radius 3 is 2.58 bits per heavy atom. The molecule has 0 aromatic heterocycles. The highest BCUT2D eigenvalue weighted by molar-refractivity contribution is 6.01. The Morgan fingerprint density at radius 2 is 2.00 bits per heavy atom. The number of carbonyl (C=O) groups excluding carboxylic acids is 2. The van der Waals surface area contributed by atoms with Gasteiger partial charge >= 0.3 is 18.1 Å². The molecule has 0 aliphatic carbocycles. The minimum absolute atomic E-state index is 0.0104. The molecule has 1 atom stereocenters. The van der Waals surface area contributed by atoms with Crippen molar-refractivity contribution in [2.24, 2.45) is 0 Å². The molecule has 8 heteroatoms. The molecule has 1 aromatic carbocycles. The Labute approximate surface area is 150 Å². The van der Waals surface area contributed by atoms with Crippen LogP contribution in [-0.4, -0.2) is 44.3 Å². The number of esters is 1. The van der Waals surface area contributed by atoms with Gasteiger partial charge < -0.3 is 14.5 Å². The fraction of sp³-hybridized carbons (Fsp3) is 0.556. The van der Waals surface area contributed by atoms with Crippen LogP contribution in [-0.2, 0) is 9.53 Å². The van der Waals surface area contributed by atoms with E-state index in [4.69, 9.17) is 4.74 Å². The SMILES string of the molecule is CCOC(=O)c1cc(N(C)C(=O)C(F)(F)F)ccc1N1CCCC[C@H]1C. The Balaban J connectivity index is 2.44. The lowest BCUT2D eigenvalue weighted by Crippen LogP contribution is -2.39. The summed E-state index contributed by atoms with van der Waals surface area (Å²) in [4.78, 5) is 26.4. The van der Waals surface area contributed by atoms with Crippen molar-refractivity contribution in [2.75, 3.05) is 30.0 Å². The van der Waals surface area contributed by atoms with Crippen molar-refractivity contribution < 1.29 is 27.5 Å². The molecule has 1 saturated heterocycles. The number of rotatable bonds is 4. The standard InChI is InChI=1S/C18H23F3N2O3/c1-4-26-16(24)14-11-13(22(3)17(25)18(19,20)21)8-9-15(14)23-10-6-5-7-12(23)2/h8-9,11-12H,4-7,10H2,1-3H3/t12-/m1/s1. The van der Waals surface area contributed by atoms with Crippen LogP contribution in [0.15, 0.2) is 18.2 Å². The molecule has 1 aliphatic heterocycles. The number of anilines is 2. The van der Waals surface area contributed by atoms with Crippen LogP contribution in [0.4, 0.5) is 24.5 Å². The third-order valence-corrected chi connectivity index (χ3v) is 4.52. The van der Waals surface area contributed by atoms with Gasteiger partial charge in [0.2, 0.25) is 0 Å². The van der Waals surface area contributed by atoms with Crippen molar-refractivity contribution in [1.29, 1.82) is 0 Å².